The monoisotopic (exact) mass is 661 g/mol. The molecule has 4 aliphatic heterocycles. The number of β-amino-alcohol motifs (C(OH)–C–C–N with tert-alkyl or cyclic N) is 1. The second-order valence-corrected chi connectivity index (χ2v) is 10.9. The average Bonchev–Trinajstić information content (AvgIpc) is 3.76. The lowest BCUT2D eigenvalue weighted by atomic mass is 10.1. The van der Waals surface area contributed by atoms with Crippen LogP contribution in [0.15, 0.2) is 12.2 Å². The zero-order valence-corrected chi connectivity index (χ0v) is 27.4. The summed E-state index contributed by atoms with van der Waals surface area (Å²) in [5, 5.41) is 41.2. The first kappa shape index (κ1) is 44.0. The zero-order valence-electron chi connectivity index (χ0n) is 27.4. The Labute approximate surface area is 268 Å². The number of carboxylic acid groups (broad SMARTS) is 3. The van der Waals surface area contributed by atoms with Gasteiger partial charge in [-0.2, -0.15) is 0 Å². The molecule has 0 spiro atoms. The Morgan fingerprint density at radius 2 is 1.22 bits per heavy atom. The van der Waals surface area contributed by atoms with E-state index in [0.717, 1.165) is 13.1 Å². The van der Waals surface area contributed by atoms with Gasteiger partial charge in [-0.05, 0) is 35.2 Å². The number of aliphatic hydroxyl groups is 1. The van der Waals surface area contributed by atoms with Gasteiger partial charge in [-0.3, -0.25) is 28.8 Å². The number of carboxylic acids is 3. The molecule has 0 saturated carbocycles. The second-order valence-electron chi connectivity index (χ2n) is 10.9. The molecule has 4 rings (SSSR count). The van der Waals surface area contributed by atoms with Crippen LogP contribution in [0.4, 0.5) is 0 Å². The summed E-state index contributed by atoms with van der Waals surface area (Å²) in [5.74, 6) is -3.59. The van der Waals surface area contributed by atoms with E-state index >= 15 is 0 Å². The molecule has 18 heteroatoms. The third kappa shape index (κ3) is 20.0. The van der Waals surface area contributed by atoms with E-state index in [1.54, 1.807) is 7.05 Å². The van der Waals surface area contributed by atoms with Crippen molar-refractivity contribution in [3.63, 3.8) is 0 Å². The lowest BCUT2D eigenvalue weighted by Crippen LogP contribution is -2.29. The van der Waals surface area contributed by atoms with Crippen molar-refractivity contribution in [1.82, 2.24) is 30.7 Å². The fourth-order valence-electron chi connectivity index (χ4n) is 3.79. The number of likely N-dealkylation sites (tertiary alicyclic amines) is 1. The van der Waals surface area contributed by atoms with Gasteiger partial charge in [0, 0.05) is 70.1 Å². The van der Waals surface area contributed by atoms with Crippen molar-refractivity contribution in [1.29, 1.82) is 0 Å². The lowest BCUT2D eigenvalue weighted by Gasteiger charge is -2.15. The molecule has 9 N–H and O–H groups in total. The van der Waals surface area contributed by atoms with Crippen molar-refractivity contribution in [2.24, 2.45) is 11.7 Å². The van der Waals surface area contributed by atoms with Gasteiger partial charge in [-0.15, -0.1) is 0 Å². The van der Waals surface area contributed by atoms with E-state index in [1.165, 1.54) is 11.9 Å². The highest BCUT2D eigenvalue weighted by atomic mass is 16.4. The average molecular weight is 662 g/mol. The molecule has 0 radical (unpaired) electrons. The van der Waals surface area contributed by atoms with Gasteiger partial charge in [0.15, 0.2) is 0 Å². The molecule has 18 nitrogen and oxygen atoms in total. The summed E-state index contributed by atoms with van der Waals surface area (Å²) in [6, 6.07) is 0.829. The van der Waals surface area contributed by atoms with Crippen LogP contribution >= 0.6 is 0 Å². The van der Waals surface area contributed by atoms with Crippen LogP contribution in [-0.2, 0) is 33.6 Å². The Morgan fingerprint density at radius 1 is 0.804 bits per heavy atom. The number of nitrogens with one attached hydrogen (secondary N) is 3. The molecule has 4 unspecified atom stereocenters. The normalized spacial score (nSPS) is 22.5. The Kier molecular flexibility index (Phi) is 22.2. The third-order valence-electron chi connectivity index (χ3n) is 6.69. The highest BCUT2D eigenvalue weighted by Gasteiger charge is 2.31. The SMILES string of the molecule is C=C(CC(=O)O)C(=O)O.CN.CN(C)C1CNC(=O)C1.CN(C)C1CNC(=O)C1.CN1CC(C(=O)O)CC1=O.O=C1CC(O)CN1. The van der Waals surface area contributed by atoms with E-state index in [1.807, 2.05) is 28.2 Å². The summed E-state index contributed by atoms with van der Waals surface area (Å²) >= 11 is 0. The van der Waals surface area contributed by atoms with Gasteiger partial charge >= 0.3 is 17.9 Å². The number of likely N-dealkylation sites (N-methyl/N-ethyl adjacent to an activating group) is 2. The summed E-state index contributed by atoms with van der Waals surface area (Å²) in [6.45, 7) is 5.42. The summed E-state index contributed by atoms with van der Waals surface area (Å²) < 4.78 is 0. The summed E-state index contributed by atoms with van der Waals surface area (Å²) in [6.07, 6.45) is 0.814. The van der Waals surface area contributed by atoms with Gasteiger partial charge < -0.3 is 56.8 Å². The summed E-state index contributed by atoms with van der Waals surface area (Å²) in [4.78, 5) is 77.7. The maximum atomic E-state index is 10.8. The minimum absolute atomic E-state index is 0.0486. The van der Waals surface area contributed by atoms with Crippen molar-refractivity contribution in [2.75, 3.05) is 68.5 Å². The van der Waals surface area contributed by atoms with Crippen LogP contribution < -0.4 is 21.7 Å². The first-order valence-corrected chi connectivity index (χ1v) is 14.3. The first-order chi connectivity index (χ1) is 21.3. The molecule has 0 aromatic heterocycles. The van der Waals surface area contributed by atoms with E-state index in [0.29, 0.717) is 38.0 Å². The van der Waals surface area contributed by atoms with Crippen LogP contribution in [0.5, 0.6) is 0 Å². The van der Waals surface area contributed by atoms with Crippen molar-refractivity contribution < 1.29 is 54.0 Å². The van der Waals surface area contributed by atoms with Gasteiger partial charge in [-0.25, -0.2) is 4.79 Å². The molecule has 4 fully saturated rings. The minimum atomic E-state index is -1.27. The standard InChI is InChI=1S/2C6H12N2O.C6H9NO3.C5H6O4.C4H7NO2.CH5N/c2*1-8(2)5-3-6(9)7-4-5;1-7-3-4(6(9)10)2-5(7)8;1-3(5(8)9)2-4(6)7;6-3-1-4(7)5-2-3;1-2/h2*5H,3-4H2,1-2H3,(H,7,9);4H,2-3H2,1H3,(H,9,10);1-2H2,(H,6,7)(H,8,9);3,6H,1-2H2,(H,5,7);2H2,1H3. The quantitative estimate of drug-likeness (QED) is 0.132. The number of carbonyl (C=O) groups is 7. The molecular weight excluding hydrogens is 610 g/mol. The second kappa shape index (κ2) is 23.2. The molecule has 4 heterocycles. The molecular formula is C28H51N7O11. The Balaban J connectivity index is 0. The molecule has 4 saturated heterocycles. The Morgan fingerprint density at radius 3 is 1.35 bits per heavy atom. The molecule has 46 heavy (non-hydrogen) atoms. The molecule has 4 amide bonds. The highest BCUT2D eigenvalue weighted by molar-refractivity contribution is 5.91. The van der Waals surface area contributed by atoms with Crippen LogP contribution in [-0.4, -0.2) is 163 Å². The van der Waals surface area contributed by atoms with E-state index in [4.69, 9.17) is 20.4 Å². The summed E-state index contributed by atoms with van der Waals surface area (Å²) in [5.41, 5.74) is 4.20. The minimum Gasteiger partial charge on any atom is -0.481 e. The maximum Gasteiger partial charge on any atom is 0.331 e. The van der Waals surface area contributed by atoms with E-state index in [2.05, 4.69) is 38.1 Å². The third-order valence-corrected chi connectivity index (χ3v) is 6.69. The van der Waals surface area contributed by atoms with E-state index in [-0.39, 0.29) is 42.0 Å². The number of aliphatic carboxylic acids is 3. The van der Waals surface area contributed by atoms with Crippen molar-refractivity contribution in [2.45, 2.75) is 50.3 Å². The van der Waals surface area contributed by atoms with Gasteiger partial charge in [0.2, 0.25) is 23.6 Å². The molecule has 0 bridgehead atoms. The zero-order chi connectivity index (χ0) is 36.1. The number of aliphatic hydroxyl groups excluding tert-OH is 1. The highest BCUT2D eigenvalue weighted by Crippen LogP contribution is 2.15. The van der Waals surface area contributed by atoms with Crippen LogP contribution in [0.2, 0.25) is 0 Å². The molecule has 0 aromatic carbocycles. The number of hydrogen-bond acceptors (Lipinski definition) is 11. The summed E-state index contributed by atoms with van der Waals surface area (Å²) in [7, 11) is 11.1. The predicted molar refractivity (Wildman–Crippen MR) is 166 cm³/mol. The topological polar surface area (TPSA) is 272 Å². The molecule has 0 aromatic rings. The fraction of sp³-hybridized carbons (Fsp3) is 0.679. The lowest BCUT2D eigenvalue weighted by molar-refractivity contribution is -0.141. The molecule has 0 aliphatic carbocycles. The van der Waals surface area contributed by atoms with Gasteiger partial charge in [0.1, 0.15) is 0 Å². The number of rotatable bonds is 6. The largest absolute Gasteiger partial charge is 0.481 e. The molecule has 4 aliphatic rings. The van der Waals surface area contributed by atoms with Gasteiger partial charge in [0.05, 0.1) is 24.9 Å². The number of nitrogens with zero attached hydrogens (tertiary/aromatic N) is 3. The van der Waals surface area contributed by atoms with E-state index in [9.17, 15) is 33.6 Å². The number of amides is 4. The maximum absolute atomic E-state index is 10.8. The van der Waals surface area contributed by atoms with E-state index < -0.39 is 36.4 Å². The van der Waals surface area contributed by atoms with Gasteiger partial charge in [-0.1, -0.05) is 6.58 Å². The van der Waals surface area contributed by atoms with Crippen LogP contribution in [0.25, 0.3) is 0 Å². The van der Waals surface area contributed by atoms with Crippen molar-refractivity contribution >= 4 is 41.5 Å². The fourth-order valence-corrected chi connectivity index (χ4v) is 3.79. The Hall–Kier alpha value is -4.13. The van der Waals surface area contributed by atoms with Gasteiger partial charge in [0.25, 0.3) is 0 Å². The van der Waals surface area contributed by atoms with Crippen LogP contribution in [0.1, 0.15) is 32.1 Å². The number of nitrogens with two attached hydrogens (primary N) is 1. The first-order valence-electron chi connectivity index (χ1n) is 14.3. The van der Waals surface area contributed by atoms with Crippen LogP contribution in [0.3, 0.4) is 0 Å². The number of hydrogen-bond donors (Lipinski definition) is 8. The number of carbonyl (C=O) groups excluding carboxylic acids is 4. The molecule has 4 atom stereocenters. The van der Waals surface area contributed by atoms with Crippen molar-refractivity contribution in [3.8, 4) is 0 Å². The Bertz CT molecular complexity index is 1020. The van der Waals surface area contributed by atoms with Crippen LogP contribution in [0, 0.1) is 5.92 Å². The smallest absolute Gasteiger partial charge is 0.331 e. The molecule has 264 valence electrons. The van der Waals surface area contributed by atoms with Crippen molar-refractivity contribution in [3.05, 3.63) is 12.2 Å². The predicted octanol–water partition coefficient (Wildman–Crippen LogP) is -3.03.